The molecule has 0 unspecified atom stereocenters. The van der Waals surface area contributed by atoms with Crippen molar-refractivity contribution < 1.29 is 9.47 Å². The van der Waals surface area contributed by atoms with Crippen LogP contribution in [0.1, 0.15) is 33.1 Å². The predicted octanol–water partition coefficient (Wildman–Crippen LogP) is 3.65. The molecule has 0 amide bonds. The van der Waals surface area contributed by atoms with Gasteiger partial charge in [-0.2, -0.15) is 0 Å². The molecule has 1 aliphatic carbocycles. The Kier molecular flexibility index (Phi) is 7.69. The minimum absolute atomic E-state index is 0.251. The lowest BCUT2D eigenvalue weighted by molar-refractivity contribution is 0.0937. The first-order chi connectivity index (χ1) is 8.36. The molecule has 0 saturated carbocycles. The summed E-state index contributed by atoms with van der Waals surface area (Å²) < 4.78 is 11.5. The molecule has 0 bridgehead atoms. The SMILES string of the molecule is C/C=C/CO[C@@H]1C=C[C@H](OC/C=C/C)CCC1. The highest BCUT2D eigenvalue weighted by Gasteiger charge is 2.13. The number of allylic oxidation sites excluding steroid dienone is 2. The number of hydrogen-bond acceptors (Lipinski definition) is 2. The number of hydrogen-bond donors (Lipinski definition) is 0. The maximum absolute atomic E-state index is 5.73. The van der Waals surface area contributed by atoms with Gasteiger partial charge in [-0.15, -0.1) is 0 Å². The fourth-order valence-corrected chi connectivity index (χ4v) is 1.79. The summed E-state index contributed by atoms with van der Waals surface area (Å²) >= 11 is 0. The van der Waals surface area contributed by atoms with Crippen molar-refractivity contribution in [3.8, 4) is 0 Å². The Balaban J connectivity index is 2.30. The second kappa shape index (κ2) is 9.20. The molecule has 96 valence electrons. The summed E-state index contributed by atoms with van der Waals surface area (Å²) in [6, 6.07) is 0. The van der Waals surface area contributed by atoms with Gasteiger partial charge in [0.25, 0.3) is 0 Å². The molecular formula is C15H24O2. The van der Waals surface area contributed by atoms with E-state index in [1.54, 1.807) is 0 Å². The molecule has 0 saturated heterocycles. The quantitative estimate of drug-likeness (QED) is 0.655. The van der Waals surface area contributed by atoms with Crippen molar-refractivity contribution in [3.63, 3.8) is 0 Å². The van der Waals surface area contributed by atoms with E-state index < -0.39 is 0 Å². The highest BCUT2D eigenvalue weighted by molar-refractivity contribution is 4.98. The summed E-state index contributed by atoms with van der Waals surface area (Å²) in [6.45, 7) is 5.43. The summed E-state index contributed by atoms with van der Waals surface area (Å²) in [7, 11) is 0. The first kappa shape index (κ1) is 14.2. The van der Waals surface area contributed by atoms with Crippen molar-refractivity contribution in [3.05, 3.63) is 36.5 Å². The lowest BCUT2D eigenvalue weighted by atomic mass is 10.2. The van der Waals surface area contributed by atoms with E-state index in [0.29, 0.717) is 13.2 Å². The Morgan fingerprint density at radius 3 is 1.82 bits per heavy atom. The van der Waals surface area contributed by atoms with Gasteiger partial charge in [-0.05, 0) is 33.1 Å². The summed E-state index contributed by atoms with van der Waals surface area (Å²) in [5.74, 6) is 0. The van der Waals surface area contributed by atoms with Crippen LogP contribution in [-0.2, 0) is 9.47 Å². The smallest absolute Gasteiger partial charge is 0.0761 e. The van der Waals surface area contributed by atoms with Gasteiger partial charge in [-0.1, -0.05) is 36.5 Å². The highest BCUT2D eigenvalue weighted by Crippen LogP contribution is 2.16. The van der Waals surface area contributed by atoms with E-state index >= 15 is 0 Å². The summed E-state index contributed by atoms with van der Waals surface area (Å²) in [5.41, 5.74) is 0. The van der Waals surface area contributed by atoms with Crippen LogP contribution >= 0.6 is 0 Å². The molecule has 1 aliphatic rings. The van der Waals surface area contributed by atoms with Crippen LogP contribution in [0, 0.1) is 0 Å². The van der Waals surface area contributed by atoms with E-state index in [1.807, 2.05) is 38.2 Å². The maximum Gasteiger partial charge on any atom is 0.0761 e. The van der Waals surface area contributed by atoms with Gasteiger partial charge in [0.05, 0.1) is 25.4 Å². The van der Waals surface area contributed by atoms with Gasteiger partial charge in [-0.3, -0.25) is 0 Å². The normalized spacial score (nSPS) is 25.8. The van der Waals surface area contributed by atoms with Crippen LogP contribution in [0.4, 0.5) is 0 Å². The summed E-state index contributed by atoms with van der Waals surface area (Å²) in [5, 5.41) is 0. The molecule has 0 fully saturated rings. The van der Waals surface area contributed by atoms with Gasteiger partial charge in [0.15, 0.2) is 0 Å². The average molecular weight is 236 g/mol. The standard InChI is InChI=1S/C15H24O2/c1-3-5-12-16-14-8-7-9-15(11-10-14)17-13-6-4-2/h3-6,10-11,14-15H,7-9,12-13H2,1-2H3/b5-3+,6-4+/t14-,15+. The molecule has 0 heterocycles. The zero-order chi connectivity index (χ0) is 12.3. The zero-order valence-corrected chi connectivity index (χ0v) is 11.0. The van der Waals surface area contributed by atoms with Crippen LogP contribution in [0.3, 0.4) is 0 Å². The van der Waals surface area contributed by atoms with Crippen LogP contribution < -0.4 is 0 Å². The molecule has 0 aromatic heterocycles. The Hall–Kier alpha value is -0.860. The monoisotopic (exact) mass is 236 g/mol. The summed E-state index contributed by atoms with van der Waals surface area (Å²) in [4.78, 5) is 0. The summed E-state index contributed by atoms with van der Waals surface area (Å²) in [6.07, 6.45) is 16.3. The molecule has 0 aliphatic heterocycles. The fraction of sp³-hybridized carbons (Fsp3) is 0.600. The molecule has 0 N–H and O–H groups in total. The Morgan fingerprint density at radius 1 is 0.941 bits per heavy atom. The topological polar surface area (TPSA) is 18.5 Å². The largest absolute Gasteiger partial charge is 0.370 e. The number of ether oxygens (including phenoxy) is 2. The predicted molar refractivity (Wildman–Crippen MR) is 72.1 cm³/mol. The second-order valence-corrected chi connectivity index (χ2v) is 4.20. The Labute approximate surface area is 105 Å². The van der Waals surface area contributed by atoms with Gasteiger partial charge in [0.1, 0.15) is 0 Å². The van der Waals surface area contributed by atoms with Gasteiger partial charge in [-0.25, -0.2) is 0 Å². The van der Waals surface area contributed by atoms with Crippen molar-refractivity contribution in [2.24, 2.45) is 0 Å². The van der Waals surface area contributed by atoms with E-state index in [2.05, 4.69) is 12.2 Å². The van der Waals surface area contributed by atoms with Gasteiger partial charge < -0.3 is 9.47 Å². The van der Waals surface area contributed by atoms with E-state index in [0.717, 1.165) is 19.3 Å². The molecular weight excluding hydrogens is 212 g/mol. The van der Waals surface area contributed by atoms with E-state index in [-0.39, 0.29) is 12.2 Å². The molecule has 0 radical (unpaired) electrons. The van der Waals surface area contributed by atoms with Crippen LogP contribution in [0.25, 0.3) is 0 Å². The van der Waals surface area contributed by atoms with Crippen molar-refractivity contribution in [1.82, 2.24) is 0 Å². The molecule has 2 nitrogen and oxygen atoms in total. The Bertz CT molecular complexity index is 240. The minimum atomic E-state index is 0.251. The lowest BCUT2D eigenvalue weighted by Crippen LogP contribution is -2.08. The van der Waals surface area contributed by atoms with Crippen molar-refractivity contribution in [2.75, 3.05) is 13.2 Å². The third kappa shape index (κ3) is 6.44. The fourth-order valence-electron chi connectivity index (χ4n) is 1.79. The highest BCUT2D eigenvalue weighted by atomic mass is 16.5. The van der Waals surface area contributed by atoms with Crippen molar-refractivity contribution in [2.45, 2.75) is 45.3 Å². The molecule has 0 spiro atoms. The maximum atomic E-state index is 5.73. The van der Waals surface area contributed by atoms with Crippen molar-refractivity contribution in [1.29, 1.82) is 0 Å². The first-order valence-electron chi connectivity index (χ1n) is 6.50. The van der Waals surface area contributed by atoms with Crippen LogP contribution in [0.2, 0.25) is 0 Å². The van der Waals surface area contributed by atoms with Crippen LogP contribution in [-0.4, -0.2) is 25.4 Å². The van der Waals surface area contributed by atoms with E-state index in [4.69, 9.17) is 9.47 Å². The van der Waals surface area contributed by atoms with Gasteiger partial charge in [0, 0.05) is 0 Å². The van der Waals surface area contributed by atoms with E-state index in [9.17, 15) is 0 Å². The van der Waals surface area contributed by atoms with Gasteiger partial charge >= 0.3 is 0 Å². The molecule has 2 heteroatoms. The third-order valence-corrected chi connectivity index (χ3v) is 2.80. The molecule has 1 rings (SSSR count). The molecule has 2 atom stereocenters. The molecule has 17 heavy (non-hydrogen) atoms. The Morgan fingerprint density at radius 2 is 1.41 bits per heavy atom. The number of rotatable bonds is 6. The van der Waals surface area contributed by atoms with E-state index in [1.165, 1.54) is 0 Å². The second-order valence-electron chi connectivity index (χ2n) is 4.20. The van der Waals surface area contributed by atoms with Gasteiger partial charge in [0.2, 0.25) is 0 Å². The third-order valence-electron chi connectivity index (χ3n) is 2.80. The minimum Gasteiger partial charge on any atom is -0.370 e. The first-order valence-corrected chi connectivity index (χ1v) is 6.50. The molecule has 0 aromatic rings. The van der Waals surface area contributed by atoms with Crippen LogP contribution in [0.15, 0.2) is 36.5 Å². The lowest BCUT2D eigenvalue weighted by Gasteiger charge is -2.10. The zero-order valence-electron chi connectivity index (χ0n) is 11.0. The van der Waals surface area contributed by atoms with Crippen molar-refractivity contribution >= 4 is 0 Å². The average Bonchev–Trinajstić information content (AvgIpc) is 2.56. The van der Waals surface area contributed by atoms with Crippen LogP contribution in [0.5, 0.6) is 0 Å². The molecule has 0 aromatic carbocycles.